The van der Waals surface area contributed by atoms with Crippen LogP contribution in [0.3, 0.4) is 0 Å². The Morgan fingerprint density at radius 1 is 1.38 bits per heavy atom. The minimum Gasteiger partial charge on any atom is -0.490 e. The minimum atomic E-state index is -0.317. The molecular weight excluding hydrogens is 274 g/mol. The zero-order valence-electron chi connectivity index (χ0n) is 11.9. The van der Waals surface area contributed by atoms with Crippen molar-refractivity contribution in [2.75, 3.05) is 32.2 Å². The summed E-state index contributed by atoms with van der Waals surface area (Å²) in [7, 11) is 1.34. The van der Waals surface area contributed by atoms with Crippen LogP contribution in [0.2, 0.25) is 0 Å². The molecule has 7 nitrogen and oxygen atoms in total. The van der Waals surface area contributed by atoms with Gasteiger partial charge in [-0.3, -0.25) is 9.79 Å². The Morgan fingerprint density at radius 3 is 2.90 bits per heavy atom. The fourth-order valence-electron chi connectivity index (χ4n) is 1.80. The van der Waals surface area contributed by atoms with E-state index in [1.807, 2.05) is 18.2 Å². The fraction of sp³-hybridized carbons (Fsp3) is 0.429. The van der Waals surface area contributed by atoms with Crippen molar-refractivity contribution in [3.05, 3.63) is 18.2 Å². The van der Waals surface area contributed by atoms with Gasteiger partial charge < -0.3 is 25.3 Å². The molecular formula is C14H19N3O4. The molecule has 0 aromatic heterocycles. The number of anilines is 1. The van der Waals surface area contributed by atoms with E-state index < -0.39 is 0 Å². The third-order valence-corrected chi connectivity index (χ3v) is 2.85. The van der Waals surface area contributed by atoms with Gasteiger partial charge in [-0.05, 0) is 12.1 Å². The van der Waals surface area contributed by atoms with Gasteiger partial charge in [0, 0.05) is 18.2 Å². The third-order valence-electron chi connectivity index (χ3n) is 2.85. The van der Waals surface area contributed by atoms with Crippen LogP contribution in [0.5, 0.6) is 11.5 Å². The van der Waals surface area contributed by atoms with Crippen molar-refractivity contribution < 1.29 is 19.0 Å². The number of ether oxygens (including phenoxy) is 3. The lowest BCUT2D eigenvalue weighted by atomic mass is 10.3. The first kappa shape index (κ1) is 15.0. The average molecular weight is 293 g/mol. The predicted octanol–water partition coefficient (Wildman–Crippen LogP) is 1.14. The molecule has 7 heteroatoms. The van der Waals surface area contributed by atoms with Crippen LogP contribution in [0, 0.1) is 0 Å². The number of hydrogen-bond donors (Lipinski definition) is 2. The quantitative estimate of drug-likeness (QED) is 0.491. The summed E-state index contributed by atoms with van der Waals surface area (Å²) < 4.78 is 15.7. The maximum absolute atomic E-state index is 11.0. The fourth-order valence-corrected chi connectivity index (χ4v) is 1.80. The molecule has 1 aliphatic rings. The molecule has 1 aromatic carbocycles. The Hall–Kier alpha value is -2.44. The van der Waals surface area contributed by atoms with Gasteiger partial charge in [-0.2, -0.15) is 0 Å². The second-order valence-corrected chi connectivity index (χ2v) is 4.43. The van der Waals surface area contributed by atoms with Crippen molar-refractivity contribution in [3.8, 4) is 11.5 Å². The number of carbonyl (C=O) groups is 1. The first-order chi connectivity index (χ1) is 10.2. The SMILES string of the molecule is COC(=O)CCN=C(N)Nc1ccc2c(c1)OCCCO2. The van der Waals surface area contributed by atoms with Gasteiger partial charge in [0.05, 0.1) is 33.3 Å². The van der Waals surface area contributed by atoms with Gasteiger partial charge in [-0.1, -0.05) is 0 Å². The molecule has 0 spiro atoms. The van der Waals surface area contributed by atoms with Crippen LogP contribution in [0.4, 0.5) is 5.69 Å². The lowest BCUT2D eigenvalue weighted by molar-refractivity contribution is -0.140. The molecule has 114 valence electrons. The molecule has 0 saturated carbocycles. The molecule has 0 radical (unpaired) electrons. The van der Waals surface area contributed by atoms with E-state index in [9.17, 15) is 4.79 Å². The summed E-state index contributed by atoms with van der Waals surface area (Å²) in [5.74, 6) is 1.31. The number of carbonyl (C=O) groups excluding carboxylic acids is 1. The van der Waals surface area contributed by atoms with E-state index in [1.54, 1.807) is 0 Å². The van der Waals surface area contributed by atoms with E-state index in [-0.39, 0.29) is 24.9 Å². The van der Waals surface area contributed by atoms with Crippen LogP contribution in [-0.2, 0) is 9.53 Å². The predicted molar refractivity (Wildman–Crippen MR) is 78.8 cm³/mol. The van der Waals surface area contributed by atoms with Gasteiger partial charge in [0.25, 0.3) is 0 Å². The summed E-state index contributed by atoms with van der Waals surface area (Å²) in [6, 6.07) is 5.46. The van der Waals surface area contributed by atoms with Gasteiger partial charge in [-0.25, -0.2) is 0 Å². The highest BCUT2D eigenvalue weighted by molar-refractivity contribution is 5.92. The van der Waals surface area contributed by atoms with Crippen LogP contribution in [-0.4, -0.2) is 38.8 Å². The second-order valence-electron chi connectivity index (χ2n) is 4.43. The number of guanidine groups is 1. The average Bonchev–Trinajstić information content (AvgIpc) is 2.71. The molecule has 2 rings (SSSR count). The van der Waals surface area contributed by atoms with Gasteiger partial charge in [0.1, 0.15) is 0 Å². The van der Waals surface area contributed by atoms with Crippen molar-refractivity contribution in [1.82, 2.24) is 0 Å². The lowest BCUT2D eigenvalue weighted by Crippen LogP contribution is -2.23. The van der Waals surface area contributed by atoms with Crippen LogP contribution in [0.15, 0.2) is 23.2 Å². The van der Waals surface area contributed by atoms with Crippen LogP contribution >= 0.6 is 0 Å². The first-order valence-electron chi connectivity index (χ1n) is 6.72. The van der Waals surface area contributed by atoms with Crippen molar-refractivity contribution >= 4 is 17.6 Å². The summed E-state index contributed by atoms with van der Waals surface area (Å²) in [6.45, 7) is 1.55. The Labute approximate surface area is 123 Å². The van der Waals surface area contributed by atoms with Crippen LogP contribution in [0.1, 0.15) is 12.8 Å². The van der Waals surface area contributed by atoms with Crippen molar-refractivity contribution in [2.24, 2.45) is 10.7 Å². The van der Waals surface area contributed by atoms with E-state index in [4.69, 9.17) is 15.2 Å². The molecule has 21 heavy (non-hydrogen) atoms. The highest BCUT2D eigenvalue weighted by atomic mass is 16.5. The Morgan fingerprint density at radius 2 is 2.14 bits per heavy atom. The molecule has 1 aromatic rings. The number of esters is 1. The van der Waals surface area contributed by atoms with Gasteiger partial charge in [-0.15, -0.1) is 0 Å². The number of nitrogens with one attached hydrogen (secondary N) is 1. The number of nitrogens with zero attached hydrogens (tertiary/aromatic N) is 1. The molecule has 0 unspecified atom stereocenters. The van der Waals surface area contributed by atoms with E-state index in [1.165, 1.54) is 7.11 Å². The lowest BCUT2D eigenvalue weighted by Gasteiger charge is -2.10. The van der Waals surface area contributed by atoms with Crippen molar-refractivity contribution in [1.29, 1.82) is 0 Å². The van der Waals surface area contributed by atoms with Crippen molar-refractivity contribution in [3.63, 3.8) is 0 Å². The molecule has 1 heterocycles. The van der Waals surface area contributed by atoms with Gasteiger partial charge >= 0.3 is 5.97 Å². The number of benzene rings is 1. The highest BCUT2D eigenvalue weighted by Gasteiger charge is 2.10. The Bertz CT molecular complexity index is 531. The number of rotatable bonds is 4. The molecule has 0 amide bonds. The maximum atomic E-state index is 11.0. The monoisotopic (exact) mass is 293 g/mol. The Balaban J connectivity index is 1.94. The van der Waals surface area contributed by atoms with E-state index >= 15 is 0 Å². The Kier molecular flexibility index (Phi) is 5.25. The number of fused-ring (bicyclic) bond motifs is 1. The smallest absolute Gasteiger partial charge is 0.307 e. The summed E-state index contributed by atoms with van der Waals surface area (Å²) >= 11 is 0. The maximum Gasteiger partial charge on any atom is 0.307 e. The molecule has 0 bridgehead atoms. The standard InChI is InChI=1S/C14H19N3O4/c1-19-13(18)5-6-16-14(15)17-10-3-4-11-12(9-10)21-8-2-7-20-11/h3-4,9H,2,5-8H2,1H3,(H3,15,16,17). The highest BCUT2D eigenvalue weighted by Crippen LogP contribution is 2.32. The topological polar surface area (TPSA) is 95.2 Å². The summed E-state index contributed by atoms with van der Waals surface area (Å²) in [4.78, 5) is 15.0. The van der Waals surface area contributed by atoms with Crippen molar-refractivity contribution in [2.45, 2.75) is 12.8 Å². The minimum absolute atomic E-state index is 0.194. The van der Waals surface area contributed by atoms with E-state index in [2.05, 4.69) is 15.0 Å². The number of aliphatic imine (C=N–C) groups is 1. The molecule has 0 aliphatic carbocycles. The second kappa shape index (κ2) is 7.37. The normalized spacial score (nSPS) is 14.2. The molecule has 0 atom stereocenters. The van der Waals surface area contributed by atoms with Gasteiger partial charge in [0.15, 0.2) is 17.5 Å². The number of methoxy groups -OCH3 is 1. The zero-order chi connectivity index (χ0) is 15.1. The molecule has 3 N–H and O–H groups in total. The molecule has 0 saturated heterocycles. The third kappa shape index (κ3) is 4.55. The molecule has 0 fully saturated rings. The summed E-state index contributed by atoms with van der Waals surface area (Å²) in [5, 5.41) is 2.94. The molecule has 1 aliphatic heterocycles. The van der Waals surface area contributed by atoms with E-state index in [0.29, 0.717) is 19.0 Å². The number of nitrogens with two attached hydrogens (primary N) is 1. The van der Waals surface area contributed by atoms with Crippen LogP contribution < -0.4 is 20.5 Å². The first-order valence-corrected chi connectivity index (χ1v) is 6.72. The zero-order valence-corrected chi connectivity index (χ0v) is 11.9. The largest absolute Gasteiger partial charge is 0.490 e. The van der Waals surface area contributed by atoms with E-state index in [0.717, 1.165) is 17.9 Å². The number of hydrogen-bond acceptors (Lipinski definition) is 5. The van der Waals surface area contributed by atoms with Gasteiger partial charge in [0.2, 0.25) is 0 Å². The van der Waals surface area contributed by atoms with Crippen LogP contribution in [0.25, 0.3) is 0 Å². The summed E-state index contributed by atoms with van der Waals surface area (Å²) in [5.41, 5.74) is 6.50. The summed E-state index contributed by atoms with van der Waals surface area (Å²) in [6.07, 6.45) is 1.05.